The summed E-state index contributed by atoms with van der Waals surface area (Å²) in [5, 5.41) is 22.4. The minimum atomic E-state index is -4.44. The van der Waals surface area contributed by atoms with Crippen molar-refractivity contribution in [2.24, 2.45) is 10.3 Å². The molecule has 10 nitrogen and oxygen atoms in total. The normalized spacial score (nSPS) is 13.0. The molecule has 0 aromatic carbocycles. The number of oxime groups is 2. The maximum absolute atomic E-state index is 10.9. The molecule has 28 heavy (non-hydrogen) atoms. The largest absolute Gasteiger partial charge is 1.00 e. The van der Waals surface area contributed by atoms with Crippen molar-refractivity contribution in [3.63, 3.8) is 0 Å². The zero-order valence-electron chi connectivity index (χ0n) is 18.8. The Kier molecular flexibility index (Phi) is 22.9. The van der Waals surface area contributed by atoms with Gasteiger partial charge < -0.3 is 32.8 Å². The van der Waals surface area contributed by atoms with E-state index in [1.165, 1.54) is 0 Å². The van der Waals surface area contributed by atoms with E-state index in [0.29, 0.717) is 12.8 Å². The van der Waals surface area contributed by atoms with Crippen LogP contribution in [-0.2, 0) is 9.13 Å². The van der Waals surface area contributed by atoms with Crippen LogP contribution in [0, 0.1) is 0 Å². The Labute approximate surface area is 213 Å². The number of rotatable bonds is 15. The van der Waals surface area contributed by atoms with Crippen molar-refractivity contribution in [1.29, 1.82) is 0 Å². The van der Waals surface area contributed by atoms with Crippen LogP contribution in [0.5, 0.6) is 0 Å². The van der Waals surface area contributed by atoms with E-state index < -0.39 is 26.1 Å². The summed E-state index contributed by atoms with van der Waals surface area (Å²) in [5.74, 6) is 0. The molecule has 0 aliphatic heterocycles. The summed E-state index contributed by atoms with van der Waals surface area (Å²) in [7, 11) is -8.88. The minimum Gasteiger partial charge on any atom is -1.00 e. The summed E-state index contributed by atoms with van der Waals surface area (Å²) in [6, 6.07) is 0. The Hall–Kier alpha value is 1.24. The van der Waals surface area contributed by atoms with Crippen molar-refractivity contribution in [3.05, 3.63) is 0 Å². The van der Waals surface area contributed by atoms with Crippen LogP contribution in [0.2, 0.25) is 0 Å². The van der Waals surface area contributed by atoms with E-state index >= 15 is 0 Å². The zero-order valence-corrected chi connectivity index (χ0v) is 22.6. The van der Waals surface area contributed by atoms with Crippen LogP contribution < -0.4 is 59.1 Å². The molecule has 0 saturated heterocycles. The molecule has 0 spiro atoms. The van der Waals surface area contributed by atoms with Crippen LogP contribution in [0.25, 0.3) is 0 Å². The van der Waals surface area contributed by atoms with E-state index in [4.69, 9.17) is 30.0 Å². The molecule has 14 heteroatoms. The Morgan fingerprint density at radius 1 is 0.571 bits per heavy atom. The quantitative estimate of drug-likeness (QED) is 0.0396. The van der Waals surface area contributed by atoms with E-state index in [2.05, 4.69) is 10.3 Å². The van der Waals surface area contributed by atoms with Crippen molar-refractivity contribution in [2.45, 2.75) is 77.0 Å². The van der Waals surface area contributed by atoms with Crippen LogP contribution >= 0.6 is 15.2 Å². The summed E-state index contributed by atoms with van der Waals surface area (Å²) in [4.78, 5) is 35.5. The van der Waals surface area contributed by atoms with Gasteiger partial charge in [-0.05, 0) is 12.8 Å². The molecule has 6 N–H and O–H groups in total. The topological polar surface area (TPSA) is 180 Å². The predicted octanol–water partition coefficient (Wildman–Crippen LogP) is -2.17. The fourth-order valence-corrected chi connectivity index (χ4v) is 3.62. The monoisotopic (exact) mass is 464 g/mol. The molecule has 0 rings (SSSR count). The van der Waals surface area contributed by atoms with Crippen molar-refractivity contribution in [2.75, 3.05) is 0 Å². The Morgan fingerprint density at radius 3 is 0.964 bits per heavy atom. The molecular weight excluding hydrogens is 432 g/mol. The molecule has 0 amide bonds. The molecule has 0 aliphatic carbocycles. The second kappa shape index (κ2) is 19.0. The molecule has 0 bridgehead atoms. The molecule has 0 aliphatic rings. The Morgan fingerprint density at radius 2 is 0.786 bits per heavy atom. The van der Waals surface area contributed by atoms with Gasteiger partial charge in [0, 0.05) is 12.8 Å². The van der Waals surface area contributed by atoms with Gasteiger partial charge in [-0.1, -0.05) is 61.7 Å². The van der Waals surface area contributed by atoms with E-state index in [1.807, 2.05) is 0 Å². The Bertz CT molecular complexity index is 514. The first-order valence-corrected chi connectivity index (χ1v) is 11.9. The zero-order chi connectivity index (χ0) is 20.1. The van der Waals surface area contributed by atoms with Gasteiger partial charge in [0.15, 0.2) is 10.9 Å². The van der Waals surface area contributed by atoms with E-state index in [1.54, 1.807) is 0 Å². The molecule has 0 aromatic rings. The first-order valence-electron chi connectivity index (χ1n) is 8.67. The molecular formula is C14H32N2Na2O8P2. The third-order valence-electron chi connectivity index (χ3n) is 3.95. The fraction of sp³-hybridized carbons (Fsp3) is 0.857. The van der Waals surface area contributed by atoms with Gasteiger partial charge in [-0.2, -0.15) is 0 Å². The van der Waals surface area contributed by atoms with Gasteiger partial charge in [0.25, 0.3) is 0 Å². The molecule has 0 radical (unpaired) electrons. The Balaban J connectivity index is -0.000000521. The van der Waals surface area contributed by atoms with Crippen LogP contribution in [0.4, 0.5) is 0 Å². The average Bonchev–Trinajstić information content (AvgIpc) is 2.53. The SMILES string of the molecule is O=P(O)(O)/C(CCCCCCCCCCCC/C(=N/O)P(=O)(O)O)=N\O.[H-].[H-].[Na+].[Na+]. The summed E-state index contributed by atoms with van der Waals surface area (Å²) >= 11 is 0. The summed E-state index contributed by atoms with van der Waals surface area (Å²) in [6.45, 7) is 0. The van der Waals surface area contributed by atoms with Gasteiger partial charge in [-0.15, -0.1) is 0 Å². The van der Waals surface area contributed by atoms with Gasteiger partial charge >= 0.3 is 74.3 Å². The molecule has 0 fully saturated rings. The maximum Gasteiger partial charge on any atom is 1.00 e. The number of hydrogen-bond donors (Lipinski definition) is 6. The third kappa shape index (κ3) is 18.0. The van der Waals surface area contributed by atoms with Crippen molar-refractivity contribution < 1.29 is 101 Å². The van der Waals surface area contributed by atoms with Crippen LogP contribution in [0.3, 0.4) is 0 Å². The van der Waals surface area contributed by atoms with Gasteiger partial charge in [0.05, 0.1) is 0 Å². The molecule has 0 unspecified atom stereocenters. The van der Waals surface area contributed by atoms with Gasteiger partial charge in [0.2, 0.25) is 0 Å². The van der Waals surface area contributed by atoms with Gasteiger partial charge in [0.1, 0.15) is 0 Å². The van der Waals surface area contributed by atoms with Crippen LogP contribution in [0.15, 0.2) is 10.3 Å². The van der Waals surface area contributed by atoms with E-state index in [-0.39, 0.29) is 74.8 Å². The van der Waals surface area contributed by atoms with Crippen LogP contribution in [0.1, 0.15) is 79.9 Å². The van der Waals surface area contributed by atoms with Crippen molar-refractivity contribution in [1.82, 2.24) is 0 Å². The minimum absolute atomic E-state index is 0. The summed E-state index contributed by atoms with van der Waals surface area (Å²) in [6.07, 6.45) is 8.95. The number of nitrogens with zero attached hydrogens (tertiary/aromatic N) is 2. The third-order valence-corrected chi connectivity index (χ3v) is 5.93. The number of unbranched alkanes of at least 4 members (excludes halogenated alkanes) is 9. The number of hydrogen-bond acceptors (Lipinski definition) is 6. The van der Waals surface area contributed by atoms with E-state index in [0.717, 1.165) is 51.4 Å². The van der Waals surface area contributed by atoms with Gasteiger partial charge in [-0.25, -0.2) is 0 Å². The van der Waals surface area contributed by atoms with E-state index in [9.17, 15) is 9.13 Å². The second-order valence-electron chi connectivity index (χ2n) is 6.16. The summed E-state index contributed by atoms with van der Waals surface area (Å²) < 4.78 is 21.9. The molecule has 0 saturated carbocycles. The molecule has 0 heterocycles. The van der Waals surface area contributed by atoms with Crippen molar-refractivity contribution in [3.8, 4) is 0 Å². The first kappa shape index (κ1) is 33.9. The summed E-state index contributed by atoms with van der Waals surface area (Å²) in [5.41, 5.74) is -0.934. The molecule has 158 valence electrons. The molecule has 0 atom stereocenters. The predicted molar refractivity (Wildman–Crippen MR) is 100 cm³/mol. The van der Waals surface area contributed by atoms with Gasteiger partial charge in [-0.3, -0.25) is 9.13 Å². The van der Waals surface area contributed by atoms with Crippen LogP contribution in [-0.4, -0.2) is 40.9 Å². The standard InChI is InChI=1S/C14H30N2O8P2.2Na.2H/c17-15-13(25(19,20)21)11-9-7-5-3-1-2-4-6-8-10-12-14(16-18)26(22,23)24;;;;/h17-18H,1-12H2,(H2,19,20,21)(H2,22,23,24);;;;/q;2*+1;2*-1/b15-13-,16-14-;;;;. The molecule has 0 aromatic heterocycles. The fourth-order valence-electron chi connectivity index (χ4n) is 2.49. The smallest absolute Gasteiger partial charge is 1.00 e. The first-order chi connectivity index (χ1) is 12.1. The van der Waals surface area contributed by atoms with Crippen molar-refractivity contribution >= 4 is 26.1 Å². The maximum atomic E-state index is 10.9. The second-order valence-corrected chi connectivity index (χ2v) is 9.36. The average molecular weight is 464 g/mol.